The van der Waals surface area contributed by atoms with Crippen molar-refractivity contribution in [3.63, 3.8) is 0 Å². The standard InChI is InChI=1S/C10H17NOS2/c1-4-9(6-13)5-11-7(2)8(3)14-10(11)12/h9,13H,4-6H2,1-3H3. The molecule has 0 aliphatic rings. The lowest BCUT2D eigenvalue weighted by Gasteiger charge is -2.13. The average molecular weight is 231 g/mol. The third-order valence-corrected chi connectivity index (χ3v) is 4.16. The highest BCUT2D eigenvalue weighted by Crippen LogP contribution is 2.13. The third-order valence-electron chi connectivity index (χ3n) is 2.65. The number of hydrogen-bond acceptors (Lipinski definition) is 3. The molecule has 1 aromatic heterocycles. The summed E-state index contributed by atoms with van der Waals surface area (Å²) in [6.45, 7) is 6.97. The van der Waals surface area contributed by atoms with Gasteiger partial charge in [-0.05, 0) is 25.5 Å². The first-order valence-corrected chi connectivity index (χ1v) is 6.32. The highest BCUT2D eigenvalue weighted by molar-refractivity contribution is 7.80. The SMILES string of the molecule is CCC(CS)Cn1c(C)c(C)sc1=O. The first kappa shape index (κ1) is 11.9. The van der Waals surface area contributed by atoms with Crippen molar-refractivity contribution >= 4 is 24.0 Å². The molecule has 1 rings (SSSR count). The van der Waals surface area contributed by atoms with Crippen molar-refractivity contribution in [2.45, 2.75) is 33.7 Å². The molecule has 0 fully saturated rings. The topological polar surface area (TPSA) is 22.0 Å². The van der Waals surface area contributed by atoms with E-state index in [4.69, 9.17) is 0 Å². The highest BCUT2D eigenvalue weighted by atomic mass is 32.1. The number of nitrogens with zero attached hydrogens (tertiary/aromatic N) is 1. The summed E-state index contributed by atoms with van der Waals surface area (Å²) in [7, 11) is 0. The van der Waals surface area contributed by atoms with E-state index in [0.29, 0.717) is 5.92 Å². The third kappa shape index (κ3) is 2.42. The summed E-state index contributed by atoms with van der Waals surface area (Å²) >= 11 is 5.63. The number of thiazole rings is 1. The Morgan fingerprint density at radius 2 is 2.14 bits per heavy atom. The minimum Gasteiger partial charge on any atom is -0.303 e. The van der Waals surface area contributed by atoms with Crippen LogP contribution in [0.4, 0.5) is 0 Å². The molecule has 0 bridgehead atoms. The van der Waals surface area contributed by atoms with Gasteiger partial charge in [0.25, 0.3) is 0 Å². The molecule has 0 spiro atoms. The lowest BCUT2D eigenvalue weighted by atomic mass is 10.1. The van der Waals surface area contributed by atoms with E-state index < -0.39 is 0 Å². The molecule has 2 nitrogen and oxygen atoms in total. The molecule has 0 radical (unpaired) electrons. The van der Waals surface area contributed by atoms with Crippen molar-refractivity contribution in [1.29, 1.82) is 0 Å². The van der Waals surface area contributed by atoms with Crippen LogP contribution in [-0.2, 0) is 6.54 Å². The first-order chi connectivity index (χ1) is 6.60. The fourth-order valence-corrected chi connectivity index (χ4v) is 2.59. The minimum absolute atomic E-state index is 0.167. The molecular formula is C10H17NOS2. The molecule has 1 atom stereocenters. The molecule has 0 saturated heterocycles. The Labute approximate surface area is 94.4 Å². The Bertz CT molecular complexity index is 349. The predicted octanol–water partition coefficient (Wildman–Crippen LogP) is 2.48. The minimum atomic E-state index is 0.167. The fraction of sp³-hybridized carbons (Fsp3) is 0.700. The number of rotatable bonds is 4. The van der Waals surface area contributed by atoms with Gasteiger partial charge in [-0.2, -0.15) is 12.6 Å². The van der Waals surface area contributed by atoms with Gasteiger partial charge in [-0.1, -0.05) is 24.7 Å². The number of aryl methyl sites for hydroxylation is 1. The Balaban J connectivity index is 2.90. The lowest BCUT2D eigenvalue weighted by molar-refractivity contribution is 0.466. The molecular weight excluding hydrogens is 214 g/mol. The zero-order chi connectivity index (χ0) is 10.7. The van der Waals surface area contributed by atoms with E-state index in [0.717, 1.165) is 29.3 Å². The van der Waals surface area contributed by atoms with Crippen LogP contribution in [0.1, 0.15) is 23.9 Å². The Hall–Kier alpha value is -0.220. The van der Waals surface area contributed by atoms with Gasteiger partial charge in [-0.3, -0.25) is 4.79 Å². The molecule has 0 amide bonds. The smallest absolute Gasteiger partial charge is 0.303 e. The summed E-state index contributed by atoms with van der Waals surface area (Å²) in [6.07, 6.45) is 1.07. The van der Waals surface area contributed by atoms with Crippen LogP contribution in [0.15, 0.2) is 4.79 Å². The fourth-order valence-electron chi connectivity index (χ4n) is 1.37. The molecule has 4 heteroatoms. The van der Waals surface area contributed by atoms with Crippen LogP contribution in [0.5, 0.6) is 0 Å². The molecule has 80 valence electrons. The van der Waals surface area contributed by atoms with Crippen molar-refractivity contribution in [3.05, 3.63) is 20.2 Å². The zero-order valence-electron chi connectivity index (χ0n) is 8.91. The largest absolute Gasteiger partial charge is 0.307 e. The maximum Gasteiger partial charge on any atom is 0.307 e. The van der Waals surface area contributed by atoms with E-state index in [-0.39, 0.29) is 4.87 Å². The average Bonchev–Trinajstić information content (AvgIpc) is 2.40. The van der Waals surface area contributed by atoms with Gasteiger partial charge in [-0.15, -0.1) is 0 Å². The summed E-state index contributed by atoms with van der Waals surface area (Å²) in [6, 6.07) is 0. The summed E-state index contributed by atoms with van der Waals surface area (Å²) in [5, 5.41) is 0. The van der Waals surface area contributed by atoms with Gasteiger partial charge in [0.15, 0.2) is 0 Å². The number of thiol groups is 1. The van der Waals surface area contributed by atoms with Crippen LogP contribution >= 0.6 is 24.0 Å². The van der Waals surface area contributed by atoms with Crippen molar-refractivity contribution < 1.29 is 0 Å². The van der Waals surface area contributed by atoms with Crippen LogP contribution in [0.25, 0.3) is 0 Å². The molecule has 14 heavy (non-hydrogen) atoms. The Morgan fingerprint density at radius 1 is 1.50 bits per heavy atom. The molecule has 0 aromatic carbocycles. The maximum atomic E-state index is 11.6. The molecule has 1 unspecified atom stereocenters. The van der Waals surface area contributed by atoms with Gasteiger partial charge >= 0.3 is 4.87 Å². The number of hydrogen-bond donors (Lipinski definition) is 1. The highest BCUT2D eigenvalue weighted by Gasteiger charge is 2.11. The molecule has 0 saturated carbocycles. The van der Waals surface area contributed by atoms with Gasteiger partial charge in [0.05, 0.1) is 0 Å². The van der Waals surface area contributed by atoms with Crippen molar-refractivity contribution in [2.75, 3.05) is 5.75 Å². The van der Waals surface area contributed by atoms with Gasteiger partial charge in [0, 0.05) is 17.1 Å². The van der Waals surface area contributed by atoms with Gasteiger partial charge in [0.2, 0.25) is 0 Å². The van der Waals surface area contributed by atoms with Crippen molar-refractivity contribution in [1.82, 2.24) is 4.57 Å². The van der Waals surface area contributed by atoms with E-state index in [9.17, 15) is 4.79 Å². The van der Waals surface area contributed by atoms with Gasteiger partial charge in [-0.25, -0.2) is 0 Å². The van der Waals surface area contributed by atoms with E-state index in [1.54, 1.807) is 0 Å². The van der Waals surface area contributed by atoms with Gasteiger partial charge < -0.3 is 4.57 Å². The second kappa shape index (κ2) is 5.03. The van der Waals surface area contributed by atoms with Crippen LogP contribution in [0, 0.1) is 19.8 Å². The van der Waals surface area contributed by atoms with Crippen molar-refractivity contribution in [3.8, 4) is 0 Å². The maximum absolute atomic E-state index is 11.6. The molecule has 1 aromatic rings. The van der Waals surface area contributed by atoms with Crippen LogP contribution in [0.3, 0.4) is 0 Å². The molecule has 1 heterocycles. The van der Waals surface area contributed by atoms with Crippen LogP contribution < -0.4 is 4.87 Å². The summed E-state index contributed by atoms with van der Waals surface area (Å²) in [5.74, 6) is 1.35. The van der Waals surface area contributed by atoms with Gasteiger partial charge in [0.1, 0.15) is 0 Å². The normalized spacial score (nSPS) is 13.1. The Morgan fingerprint density at radius 3 is 2.50 bits per heavy atom. The summed E-state index contributed by atoms with van der Waals surface area (Å²) in [5.41, 5.74) is 1.11. The zero-order valence-corrected chi connectivity index (χ0v) is 10.6. The van der Waals surface area contributed by atoms with Crippen molar-refractivity contribution in [2.24, 2.45) is 5.92 Å². The van der Waals surface area contributed by atoms with E-state index in [2.05, 4.69) is 19.6 Å². The quantitative estimate of drug-likeness (QED) is 0.790. The van der Waals surface area contributed by atoms with E-state index in [1.165, 1.54) is 11.3 Å². The second-order valence-corrected chi connectivity index (χ2v) is 5.11. The molecule has 0 N–H and O–H groups in total. The summed E-state index contributed by atoms with van der Waals surface area (Å²) < 4.78 is 1.88. The predicted molar refractivity (Wildman–Crippen MR) is 65.7 cm³/mol. The Kier molecular flexibility index (Phi) is 4.26. The summed E-state index contributed by atoms with van der Waals surface area (Å²) in [4.78, 5) is 12.9. The second-order valence-electron chi connectivity index (χ2n) is 3.58. The van der Waals surface area contributed by atoms with E-state index in [1.807, 2.05) is 18.4 Å². The monoisotopic (exact) mass is 231 g/mol. The molecule has 0 aliphatic carbocycles. The first-order valence-electron chi connectivity index (χ1n) is 4.87. The molecule has 0 aliphatic heterocycles. The van der Waals surface area contributed by atoms with E-state index >= 15 is 0 Å². The lowest BCUT2D eigenvalue weighted by Crippen LogP contribution is -2.21. The van der Waals surface area contributed by atoms with Crippen LogP contribution in [-0.4, -0.2) is 10.3 Å². The van der Waals surface area contributed by atoms with Crippen LogP contribution in [0.2, 0.25) is 0 Å². The number of aromatic nitrogens is 1.